The number of aromatic nitrogens is 6. The molecule has 216 valence electrons. The zero-order chi connectivity index (χ0) is 29.7. The summed E-state index contributed by atoms with van der Waals surface area (Å²) in [6.07, 6.45) is 7.34. The molecule has 0 spiro atoms. The minimum absolute atomic E-state index is 0.0330. The normalized spacial score (nSPS) is 11.9. The summed E-state index contributed by atoms with van der Waals surface area (Å²) < 4.78 is 13.6. The van der Waals surface area contributed by atoms with Crippen LogP contribution in [-0.4, -0.2) is 28.9 Å². The van der Waals surface area contributed by atoms with E-state index in [1.54, 1.807) is 12.4 Å². The fraction of sp³-hybridized carbons (Fsp3) is 0.143. The predicted molar refractivity (Wildman–Crippen MR) is 166 cm³/mol. The Morgan fingerprint density at radius 3 is 2.30 bits per heavy atom. The van der Waals surface area contributed by atoms with Gasteiger partial charge in [-0.2, -0.15) is 0 Å². The Morgan fingerprint density at radius 1 is 0.767 bits per heavy atom. The summed E-state index contributed by atoms with van der Waals surface area (Å²) in [4.78, 5) is 9.07. The maximum atomic E-state index is 6.45. The molecular weight excluding hydrogens is 716 g/mol. The monoisotopic (exact) mass is 745 g/mol. The number of aryl methyl sites for hydroxylation is 1. The van der Waals surface area contributed by atoms with Crippen molar-refractivity contribution >= 4 is 21.8 Å². The van der Waals surface area contributed by atoms with Gasteiger partial charge in [0, 0.05) is 24.2 Å². The zero-order valence-electron chi connectivity index (χ0n) is 24.3. The molecule has 4 heterocycles. The van der Waals surface area contributed by atoms with Crippen LogP contribution >= 0.6 is 0 Å². The van der Waals surface area contributed by atoms with Crippen molar-refractivity contribution in [3.05, 3.63) is 119 Å². The van der Waals surface area contributed by atoms with E-state index in [0.717, 1.165) is 54.4 Å². The van der Waals surface area contributed by atoms with Crippen molar-refractivity contribution in [2.45, 2.75) is 26.2 Å². The number of pyridine rings is 2. The third kappa shape index (κ3) is 5.04. The molecular formula is C35H30N6OPt. The molecule has 0 aliphatic heterocycles. The topological polar surface area (TPSA) is 62.7 Å². The SMILES string of the molecule is Cn1ncn(-c2cccc(Oc3ccc4c5cc(C(C)(C)C)ccc5n(-c5ccc(-c6ccncc6)cn5)c4c3)c2)[c]1=[Pt]. The zero-order valence-corrected chi connectivity index (χ0v) is 26.6. The van der Waals surface area contributed by atoms with Crippen molar-refractivity contribution in [3.63, 3.8) is 0 Å². The van der Waals surface area contributed by atoms with Gasteiger partial charge in [-0.15, -0.1) is 0 Å². The van der Waals surface area contributed by atoms with Gasteiger partial charge in [-0.05, 0) is 34.7 Å². The Kier molecular flexibility index (Phi) is 6.70. The van der Waals surface area contributed by atoms with Crippen molar-refractivity contribution in [1.29, 1.82) is 0 Å². The van der Waals surface area contributed by atoms with E-state index in [1.807, 2.05) is 71.3 Å². The van der Waals surface area contributed by atoms with Crippen LogP contribution in [0.3, 0.4) is 0 Å². The molecule has 0 N–H and O–H groups in total. The van der Waals surface area contributed by atoms with E-state index in [-0.39, 0.29) is 5.41 Å². The maximum absolute atomic E-state index is 6.45. The molecule has 0 saturated carbocycles. The van der Waals surface area contributed by atoms with Gasteiger partial charge in [0.25, 0.3) is 0 Å². The fourth-order valence-electron chi connectivity index (χ4n) is 5.38. The van der Waals surface area contributed by atoms with Crippen LogP contribution in [0.2, 0.25) is 0 Å². The van der Waals surface area contributed by atoms with Gasteiger partial charge in [0.1, 0.15) is 0 Å². The van der Waals surface area contributed by atoms with Crippen molar-refractivity contribution in [3.8, 4) is 34.1 Å². The van der Waals surface area contributed by atoms with Crippen molar-refractivity contribution in [2.24, 2.45) is 7.05 Å². The van der Waals surface area contributed by atoms with E-state index >= 15 is 0 Å². The number of fused-ring (bicyclic) bond motifs is 3. The van der Waals surface area contributed by atoms with Gasteiger partial charge in [-0.1, -0.05) is 26.8 Å². The molecule has 43 heavy (non-hydrogen) atoms. The van der Waals surface area contributed by atoms with E-state index in [1.165, 1.54) is 10.9 Å². The van der Waals surface area contributed by atoms with Crippen molar-refractivity contribution in [2.75, 3.05) is 0 Å². The summed E-state index contributed by atoms with van der Waals surface area (Å²) in [6, 6.07) is 29.3. The molecule has 0 saturated heterocycles. The Morgan fingerprint density at radius 2 is 1.58 bits per heavy atom. The molecule has 0 aliphatic rings. The standard InChI is InChI=1S/C35H30N6O.Pt/c1-35(2,3)26-9-12-32-31(18-26)30-11-10-29(42-28-7-5-6-27(19-28)40-22-38-39(4)23-40)20-33(30)41(32)34-13-8-25(21-37-34)24-14-16-36-17-15-24;/h5-22H,1-4H3;. The molecule has 0 aliphatic carbocycles. The fourth-order valence-corrected chi connectivity index (χ4v) is 5.94. The summed E-state index contributed by atoms with van der Waals surface area (Å²) in [5.41, 5.74) is 6.59. The first-order chi connectivity index (χ1) is 20.8. The molecule has 0 atom stereocenters. The second kappa shape index (κ2) is 10.6. The third-order valence-electron chi connectivity index (χ3n) is 7.70. The average Bonchev–Trinajstić information content (AvgIpc) is 3.52. The second-order valence-corrected chi connectivity index (χ2v) is 12.6. The number of ether oxygens (including phenoxy) is 1. The van der Waals surface area contributed by atoms with E-state index in [9.17, 15) is 0 Å². The van der Waals surface area contributed by atoms with Crippen molar-refractivity contribution < 1.29 is 24.1 Å². The Bertz CT molecular complexity index is 2170. The number of hydrogen-bond acceptors (Lipinski definition) is 4. The van der Waals surface area contributed by atoms with Gasteiger partial charge in [0.15, 0.2) is 0 Å². The first-order valence-electron chi connectivity index (χ1n) is 14.1. The van der Waals surface area contributed by atoms with Crippen LogP contribution in [-0.2, 0) is 31.8 Å². The van der Waals surface area contributed by atoms with E-state index in [0.29, 0.717) is 0 Å². The summed E-state index contributed by atoms with van der Waals surface area (Å²) in [5, 5.41) is 6.71. The third-order valence-corrected chi connectivity index (χ3v) is 8.98. The first-order valence-corrected chi connectivity index (χ1v) is 15.2. The van der Waals surface area contributed by atoms with E-state index in [2.05, 4.69) is 97.2 Å². The van der Waals surface area contributed by atoms with E-state index < -0.39 is 0 Å². The molecule has 7 aromatic rings. The molecule has 0 bridgehead atoms. The average molecular weight is 746 g/mol. The summed E-state index contributed by atoms with van der Waals surface area (Å²) in [7, 11) is 1.93. The quantitative estimate of drug-likeness (QED) is 0.180. The Labute approximate surface area is 260 Å². The van der Waals surface area contributed by atoms with Crippen LogP contribution in [0.5, 0.6) is 11.5 Å². The van der Waals surface area contributed by atoms with Crippen molar-refractivity contribution in [1.82, 2.24) is 28.9 Å². The van der Waals surface area contributed by atoms with Gasteiger partial charge < -0.3 is 0 Å². The molecule has 7 rings (SSSR count). The summed E-state index contributed by atoms with van der Waals surface area (Å²) in [5.74, 6) is 2.36. The number of rotatable bonds is 5. The second-order valence-electron chi connectivity index (χ2n) is 11.6. The minimum atomic E-state index is 0.0330. The van der Waals surface area contributed by atoms with Gasteiger partial charge in [-0.25, -0.2) is 0 Å². The summed E-state index contributed by atoms with van der Waals surface area (Å²) in [6.45, 7) is 6.74. The van der Waals surface area contributed by atoms with Gasteiger partial charge >= 0.3 is 171 Å². The van der Waals surface area contributed by atoms with E-state index in [4.69, 9.17) is 9.72 Å². The molecule has 0 radical (unpaired) electrons. The summed E-state index contributed by atoms with van der Waals surface area (Å²) >= 11 is 2.27. The number of hydrogen-bond donors (Lipinski definition) is 0. The first kappa shape index (κ1) is 27.2. The van der Waals surface area contributed by atoms with Crippen LogP contribution in [0.15, 0.2) is 110 Å². The number of benzene rings is 3. The van der Waals surface area contributed by atoms with Crippen LogP contribution in [0.25, 0.3) is 44.4 Å². The van der Waals surface area contributed by atoms with Crippen LogP contribution in [0.1, 0.15) is 26.3 Å². The van der Waals surface area contributed by atoms with Crippen LogP contribution in [0, 0.1) is 3.80 Å². The predicted octanol–water partition coefficient (Wildman–Crippen LogP) is 7.93. The molecule has 8 heteroatoms. The van der Waals surface area contributed by atoms with Gasteiger partial charge in [0.05, 0.1) is 0 Å². The Balaban J connectivity index is 1.35. The molecule has 4 aromatic heterocycles. The van der Waals surface area contributed by atoms with Crippen LogP contribution < -0.4 is 4.74 Å². The molecule has 0 fully saturated rings. The molecule has 7 nitrogen and oxygen atoms in total. The molecule has 0 amide bonds. The van der Waals surface area contributed by atoms with Gasteiger partial charge in [-0.3, -0.25) is 4.98 Å². The number of nitrogens with zero attached hydrogens (tertiary/aromatic N) is 6. The molecule has 3 aromatic carbocycles. The van der Waals surface area contributed by atoms with Crippen LogP contribution in [0.4, 0.5) is 0 Å². The van der Waals surface area contributed by atoms with Gasteiger partial charge in [0.2, 0.25) is 0 Å². The Hall–Kier alpha value is -4.61. The molecule has 0 unspecified atom stereocenters.